The van der Waals surface area contributed by atoms with Gasteiger partial charge >= 0.3 is 0 Å². The lowest BCUT2D eigenvalue weighted by Gasteiger charge is -2.36. The lowest BCUT2D eigenvalue weighted by Crippen LogP contribution is -2.50. The van der Waals surface area contributed by atoms with E-state index in [4.69, 9.17) is 0 Å². The summed E-state index contributed by atoms with van der Waals surface area (Å²) in [6.07, 6.45) is 7.23. The third-order valence-electron chi connectivity index (χ3n) is 5.31. The molecule has 1 aromatic rings. The lowest BCUT2D eigenvalue weighted by molar-refractivity contribution is -0.131. The molecule has 2 aliphatic rings. The number of anilines is 1. The van der Waals surface area contributed by atoms with Gasteiger partial charge in [-0.05, 0) is 25.0 Å². The Kier molecular flexibility index (Phi) is 6.13. The van der Waals surface area contributed by atoms with E-state index >= 15 is 0 Å². The van der Waals surface area contributed by atoms with Gasteiger partial charge in [-0.1, -0.05) is 18.9 Å². The highest BCUT2D eigenvalue weighted by Gasteiger charge is 2.30. The molecule has 1 saturated carbocycles. The molecule has 26 heavy (non-hydrogen) atoms. The van der Waals surface area contributed by atoms with Crippen LogP contribution in [-0.4, -0.2) is 73.5 Å². The molecule has 0 aromatic carbocycles. The van der Waals surface area contributed by atoms with E-state index in [0.717, 1.165) is 44.6 Å². The standard InChI is InChI=1S/C18H28N4O3S/c1-26(24,25)22(16-6-2-3-7-16)11-9-18(23)21-14-12-20(13-15-21)17-8-4-5-10-19-17/h4-5,8,10,16H,2-3,6-7,9,11-15H2,1H3. The summed E-state index contributed by atoms with van der Waals surface area (Å²) < 4.78 is 25.7. The Labute approximate surface area is 156 Å². The fourth-order valence-corrected chi connectivity index (χ4v) is 5.08. The fraction of sp³-hybridized carbons (Fsp3) is 0.667. The van der Waals surface area contributed by atoms with Gasteiger partial charge in [-0.3, -0.25) is 4.79 Å². The second-order valence-corrected chi connectivity index (χ2v) is 9.05. The summed E-state index contributed by atoms with van der Waals surface area (Å²) in [5.41, 5.74) is 0. The second-order valence-electron chi connectivity index (χ2n) is 7.12. The van der Waals surface area contributed by atoms with E-state index in [1.165, 1.54) is 6.26 Å². The van der Waals surface area contributed by atoms with E-state index in [2.05, 4.69) is 9.88 Å². The largest absolute Gasteiger partial charge is 0.353 e. The molecule has 1 saturated heterocycles. The Balaban J connectivity index is 1.50. The first-order valence-electron chi connectivity index (χ1n) is 9.36. The Morgan fingerprint density at radius 1 is 1.19 bits per heavy atom. The van der Waals surface area contributed by atoms with Gasteiger partial charge in [0.1, 0.15) is 5.82 Å². The number of piperazine rings is 1. The summed E-state index contributed by atoms with van der Waals surface area (Å²) >= 11 is 0. The van der Waals surface area contributed by atoms with Gasteiger partial charge < -0.3 is 9.80 Å². The first kappa shape index (κ1) is 19.1. The van der Waals surface area contributed by atoms with Crippen LogP contribution in [0.3, 0.4) is 0 Å². The number of amides is 1. The van der Waals surface area contributed by atoms with Gasteiger partial charge in [-0.2, -0.15) is 4.31 Å². The third kappa shape index (κ3) is 4.73. The molecular weight excluding hydrogens is 352 g/mol. The van der Waals surface area contributed by atoms with Crippen molar-refractivity contribution in [1.82, 2.24) is 14.2 Å². The molecule has 1 aliphatic carbocycles. The average Bonchev–Trinajstić information content (AvgIpc) is 3.15. The van der Waals surface area contributed by atoms with E-state index in [1.54, 1.807) is 10.5 Å². The third-order valence-corrected chi connectivity index (χ3v) is 6.64. The first-order chi connectivity index (χ1) is 12.4. The number of hydrogen-bond acceptors (Lipinski definition) is 5. The maximum absolute atomic E-state index is 12.6. The molecule has 1 aromatic heterocycles. The maximum atomic E-state index is 12.6. The molecule has 3 rings (SSSR count). The summed E-state index contributed by atoms with van der Waals surface area (Å²) in [4.78, 5) is 20.9. The van der Waals surface area contributed by atoms with E-state index in [9.17, 15) is 13.2 Å². The van der Waals surface area contributed by atoms with Crippen LogP contribution in [0.4, 0.5) is 5.82 Å². The molecule has 144 valence electrons. The fourth-order valence-electron chi connectivity index (χ4n) is 3.90. The summed E-state index contributed by atoms with van der Waals surface area (Å²) in [5.74, 6) is 0.974. The SMILES string of the molecule is CS(=O)(=O)N(CCC(=O)N1CCN(c2ccccn2)CC1)C1CCCC1. The number of carbonyl (C=O) groups is 1. The zero-order chi connectivity index (χ0) is 18.6. The summed E-state index contributed by atoms with van der Waals surface area (Å²) in [5, 5.41) is 0. The molecule has 2 heterocycles. The summed E-state index contributed by atoms with van der Waals surface area (Å²) in [6.45, 7) is 3.10. The van der Waals surface area contributed by atoms with Gasteiger partial charge in [0.15, 0.2) is 0 Å². The molecule has 1 aliphatic heterocycles. The van der Waals surface area contributed by atoms with Crippen LogP contribution in [0.5, 0.6) is 0 Å². The van der Waals surface area contributed by atoms with Crippen LogP contribution in [-0.2, 0) is 14.8 Å². The smallest absolute Gasteiger partial charge is 0.224 e. The van der Waals surface area contributed by atoms with Crippen molar-refractivity contribution in [3.63, 3.8) is 0 Å². The van der Waals surface area contributed by atoms with Gasteiger partial charge in [0.25, 0.3) is 0 Å². The van der Waals surface area contributed by atoms with Gasteiger partial charge in [0.2, 0.25) is 15.9 Å². The summed E-state index contributed by atoms with van der Waals surface area (Å²) in [7, 11) is -3.27. The van der Waals surface area contributed by atoms with Crippen molar-refractivity contribution in [2.75, 3.05) is 43.9 Å². The van der Waals surface area contributed by atoms with Gasteiger partial charge in [0, 0.05) is 51.4 Å². The van der Waals surface area contributed by atoms with E-state index < -0.39 is 10.0 Å². The van der Waals surface area contributed by atoms with E-state index in [0.29, 0.717) is 19.6 Å². The Bertz CT molecular complexity index is 696. The quantitative estimate of drug-likeness (QED) is 0.744. The van der Waals surface area contributed by atoms with Crippen molar-refractivity contribution in [2.45, 2.75) is 38.1 Å². The molecule has 1 amide bonds. The zero-order valence-corrected chi connectivity index (χ0v) is 16.2. The van der Waals surface area contributed by atoms with Crippen LogP contribution in [0.1, 0.15) is 32.1 Å². The number of pyridine rings is 1. The average molecular weight is 381 g/mol. The zero-order valence-electron chi connectivity index (χ0n) is 15.4. The van der Waals surface area contributed by atoms with Crippen LogP contribution in [0.25, 0.3) is 0 Å². The van der Waals surface area contributed by atoms with Crippen molar-refractivity contribution in [3.8, 4) is 0 Å². The van der Waals surface area contributed by atoms with Gasteiger partial charge in [-0.25, -0.2) is 13.4 Å². The molecule has 0 spiro atoms. The van der Waals surface area contributed by atoms with E-state index in [-0.39, 0.29) is 18.4 Å². The van der Waals surface area contributed by atoms with Crippen LogP contribution in [0.2, 0.25) is 0 Å². The number of hydrogen-bond donors (Lipinski definition) is 0. The molecule has 0 atom stereocenters. The topological polar surface area (TPSA) is 73.8 Å². The Morgan fingerprint density at radius 2 is 1.88 bits per heavy atom. The number of rotatable bonds is 6. The minimum absolute atomic E-state index is 0.0392. The molecule has 0 radical (unpaired) electrons. The summed E-state index contributed by atoms with van der Waals surface area (Å²) in [6, 6.07) is 5.89. The minimum atomic E-state index is -3.27. The molecule has 7 nitrogen and oxygen atoms in total. The first-order valence-corrected chi connectivity index (χ1v) is 11.2. The number of sulfonamides is 1. The highest BCUT2D eigenvalue weighted by molar-refractivity contribution is 7.88. The van der Waals surface area contributed by atoms with Crippen LogP contribution >= 0.6 is 0 Å². The molecule has 8 heteroatoms. The van der Waals surface area contributed by atoms with Crippen LogP contribution < -0.4 is 4.90 Å². The Hall–Kier alpha value is -1.67. The van der Waals surface area contributed by atoms with Gasteiger partial charge in [0.05, 0.1) is 6.26 Å². The van der Waals surface area contributed by atoms with Crippen molar-refractivity contribution < 1.29 is 13.2 Å². The van der Waals surface area contributed by atoms with Crippen molar-refractivity contribution >= 4 is 21.7 Å². The van der Waals surface area contributed by atoms with Crippen molar-refractivity contribution in [3.05, 3.63) is 24.4 Å². The van der Waals surface area contributed by atoms with E-state index in [1.807, 2.05) is 23.1 Å². The second kappa shape index (κ2) is 8.35. The van der Waals surface area contributed by atoms with Gasteiger partial charge in [-0.15, -0.1) is 0 Å². The molecule has 2 fully saturated rings. The predicted octanol–water partition coefficient (Wildman–Crippen LogP) is 1.32. The Morgan fingerprint density at radius 3 is 2.46 bits per heavy atom. The molecule has 0 unspecified atom stereocenters. The number of nitrogens with zero attached hydrogens (tertiary/aromatic N) is 4. The highest BCUT2D eigenvalue weighted by Crippen LogP contribution is 2.25. The minimum Gasteiger partial charge on any atom is -0.353 e. The van der Waals surface area contributed by atoms with Crippen molar-refractivity contribution in [2.24, 2.45) is 0 Å². The van der Waals surface area contributed by atoms with Crippen LogP contribution in [0, 0.1) is 0 Å². The molecule has 0 N–H and O–H groups in total. The predicted molar refractivity (Wildman–Crippen MR) is 101 cm³/mol. The lowest BCUT2D eigenvalue weighted by atomic mass is 10.2. The maximum Gasteiger partial charge on any atom is 0.224 e. The normalized spacial score (nSPS) is 19.3. The number of carbonyl (C=O) groups excluding carboxylic acids is 1. The number of aromatic nitrogens is 1. The monoisotopic (exact) mass is 380 g/mol. The van der Waals surface area contributed by atoms with Crippen molar-refractivity contribution in [1.29, 1.82) is 0 Å². The van der Waals surface area contributed by atoms with Crippen LogP contribution in [0.15, 0.2) is 24.4 Å². The molecular formula is C18H28N4O3S. The highest BCUT2D eigenvalue weighted by atomic mass is 32.2. The molecule has 0 bridgehead atoms.